The van der Waals surface area contributed by atoms with Crippen LogP contribution >= 0.6 is 0 Å². The van der Waals surface area contributed by atoms with Crippen molar-refractivity contribution in [2.75, 3.05) is 13.2 Å². The lowest BCUT2D eigenvalue weighted by atomic mass is 10.0. The molecule has 0 radical (unpaired) electrons. The van der Waals surface area contributed by atoms with E-state index in [1.807, 2.05) is 6.08 Å². The summed E-state index contributed by atoms with van der Waals surface area (Å²) in [6.45, 7) is 6.46. The number of carbonyl (C=O) groups is 3. The first-order valence-electron chi connectivity index (χ1n) is 30.2. The second kappa shape index (κ2) is 59.9. The van der Waals surface area contributed by atoms with E-state index in [4.69, 9.17) is 14.2 Å². The Morgan fingerprint density at radius 3 is 0.958 bits per heavy atom. The SMILES string of the molecule is CC/C=C/C/C=C/C/C=C/C/C=C/C/C=C/C/C=C/CCC(=O)OC[C@@H](COC(=O)CCCCCCCCC/C=C/C/C=C/CCCCC)OC(=O)CCCCCCCCCCCCCCCCCCCC. The van der Waals surface area contributed by atoms with E-state index < -0.39 is 6.10 Å². The van der Waals surface area contributed by atoms with Crippen LogP contribution in [-0.2, 0) is 28.6 Å². The van der Waals surface area contributed by atoms with E-state index in [-0.39, 0.29) is 37.5 Å². The zero-order valence-electron chi connectivity index (χ0n) is 47.2. The van der Waals surface area contributed by atoms with E-state index >= 15 is 0 Å². The first kappa shape index (κ1) is 68.3. The van der Waals surface area contributed by atoms with Gasteiger partial charge in [-0.05, 0) is 89.9 Å². The molecule has 0 rings (SSSR count). The Morgan fingerprint density at radius 1 is 0.292 bits per heavy atom. The van der Waals surface area contributed by atoms with Crippen molar-refractivity contribution in [3.63, 3.8) is 0 Å². The predicted octanol–water partition coefficient (Wildman–Crippen LogP) is 20.5. The molecule has 0 aromatic rings. The van der Waals surface area contributed by atoms with Crippen molar-refractivity contribution < 1.29 is 28.6 Å². The number of hydrogen-bond donors (Lipinski definition) is 0. The molecule has 0 saturated carbocycles. The van der Waals surface area contributed by atoms with Crippen molar-refractivity contribution >= 4 is 17.9 Å². The third kappa shape index (κ3) is 57.2. The van der Waals surface area contributed by atoms with E-state index in [1.165, 1.54) is 148 Å². The van der Waals surface area contributed by atoms with Crippen molar-refractivity contribution in [2.24, 2.45) is 0 Å². The van der Waals surface area contributed by atoms with Gasteiger partial charge in [0, 0.05) is 19.3 Å². The van der Waals surface area contributed by atoms with Crippen molar-refractivity contribution in [1.82, 2.24) is 0 Å². The number of allylic oxidation sites excluding steroid dienone is 16. The lowest BCUT2D eigenvalue weighted by molar-refractivity contribution is -0.166. The van der Waals surface area contributed by atoms with Gasteiger partial charge in [-0.3, -0.25) is 14.4 Å². The molecule has 0 aromatic heterocycles. The number of esters is 3. The molecule has 1 atom stereocenters. The highest BCUT2D eigenvalue weighted by atomic mass is 16.6. The topological polar surface area (TPSA) is 78.9 Å². The van der Waals surface area contributed by atoms with Crippen LogP contribution in [0.15, 0.2) is 97.2 Å². The van der Waals surface area contributed by atoms with Crippen molar-refractivity contribution in [2.45, 2.75) is 290 Å². The van der Waals surface area contributed by atoms with Crippen molar-refractivity contribution in [3.8, 4) is 0 Å². The van der Waals surface area contributed by atoms with Crippen molar-refractivity contribution in [3.05, 3.63) is 97.2 Å². The summed E-state index contributed by atoms with van der Waals surface area (Å²) in [6, 6.07) is 0. The Morgan fingerprint density at radius 2 is 0.569 bits per heavy atom. The molecule has 0 bridgehead atoms. The monoisotopic (exact) mass is 1000 g/mol. The molecule has 0 spiro atoms. The van der Waals surface area contributed by atoms with E-state index in [2.05, 4.69) is 112 Å². The fourth-order valence-corrected chi connectivity index (χ4v) is 8.32. The van der Waals surface area contributed by atoms with E-state index in [0.717, 1.165) is 89.9 Å². The molecule has 0 heterocycles. The molecule has 72 heavy (non-hydrogen) atoms. The molecule has 0 aliphatic heterocycles. The Labute approximate surface area is 445 Å². The zero-order chi connectivity index (χ0) is 52.2. The molecule has 0 amide bonds. The van der Waals surface area contributed by atoms with Crippen LogP contribution in [0.1, 0.15) is 284 Å². The molecule has 0 fully saturated rings. The maximum atomic E-state index is 12.9. The van der Waals surface area contributed by atoms with Crippen LogP contribution in [0.3, 0.4) is 0 Å². The highest BCUT2D eigenvalue weighted by Gasteiger charge is 2.19. The lowest BCUT2D eigenvalue weighted by Crippen LogP contribution is -2.30. The normalized spacial score (nSPS) is 12.8. The van der Waals surface area contributed by atoms with E-state index in [1.54, 1.807) is 0 Å². The van der Waals surface area contributed by atoms with Crippen LogP contribution < -0.4 is 0 Å². The summed E-state index contributed by atoms with van der Waals surface area (Å²) in [5.74, 6) is -0.989. The van der Waals surface area contributed by atoms with Crippen molar-refractivity contribution in [1.29, 1.82) is 0 Å². The minimum Gasteiger partial charge on any atom is -0.462 e. The predicted molar refractivity (Wildman–Crippen MR) is 311 cm³/mol. The van der Waals surface area contributed by atoms with Gasteiger partial charge >= 0.3 is 17.9 Å². The minimum atomic E-state index is -0.811. The number of rotatable bonds is 54. The number of carbonyl (C=O) groups excluding carboxylic acids is 3. The highest BCUT2D eigenvalue weighted by molar-refractivity contribution is 5.71. The second-order valence-electron chi connectivity index (χ2n) is 19.9. The largest absolute Gasteiger partial charge is 0.462 e. The Hall–Kier alpha value is -3.67. The van der Waals surface area contributed by atoms with E-state index in [9.17, 15) is 14.4 Å². The smallest absolute Gasteiger partial charge is 0.306 e. The van der Waals surface area contributed by atoms with Gasteiger partial charge < -0.3 is 14.2 Å². The summed E-state index contributed by atoms with van der Waals surface area (Å²) in [6.07, 6.45) is 79.8. The van der Waals surface area contributed by atoms with Crippen LogP contribution in [-0.4, -0.2) is 37.2 Å². The van der Waals surface area contributed by atoms with Gasteiger partial charge in [0.2, 0.25) is 0 Å². The summed E-state index contributed by atoms with van der Waals surface area (Å²) in [7, 11) is 0. The van der Waals surface area contributed by atoms with Gasteiger partial charge in [-0.25, -0.2) is 0 Å². The zero-order valence-corrected chi connectivity index (χ0v) is 47.2. The van der Waals surface area contributed by atoms with E-state index in [0.29, 0.717) is 19.3 Å². The van der Waals surface area contributed by atoms with Crippen LogP contribution in [0.25, 0.3) is 0 Å². The van der Waals surface area contributed by atoms with Gasteiger partial charge in [0.15, 0.2) is 6.10 Å². The molecule has 6 heteroatoms. The molecule has 0 saturated heterocycles. The van der Waals surface area contributed by atoms with Gasteiger partial charge in [-0.2, -0.15) is 0 Å². The van der Waals surface area contributed by atoms with Crippen LogP contribution in [0.2, 0.25) is 0 Å². The van der Waals surface area contributed by atoms with Gasteiger partial charge in [0.1, 0.15) is 13.2 Å². The third-order valence-electron chi connectivity index (χ3n) is 12.8. The molecular weight excluding hydrogens is 889 g/mol. The maximum absolute atomic E-state index is 12.9. The molecule has 412 valence electrons. The van der Waals surface area contributed by atoms with Gasteiger partial charge in [-0.1, -0.05) is 272 Å². The fraction of sp³-hybridized carbons (Fsp3) is 0.712. The summed E-state index contributed by atoms with van der Waals surface area (Å²) >= 11 is 0. The standard InChI is InChI=1S/C66H112O6/c1-4-7-10-13-16-19-22-25-28-31-33-36-38-41-44-47-50-53-56-59-65(68)71-62-63(61-70-64(67)58-55-52-49-46-43-40-37-34-30-27-24-21-18-15-12-9-6-3)72-66(69)60-57-54-51-48-45-42-39-35-32-29-26-23-20-17-14-11-8-5-2/h7,10,16,18-19,21,25,27-28,30,33,36,41,44,50,53,63H,4-6,8-9,11-15,17,20,22-24,26,29,31-32,34-35,37-40,42-43,45-49,51-52,54-62H2,1-3H3/b10-7+,19-16+,21-18+,28-25+,30-27+,36-33+,44-41+,53-50+/t63-/m1/s1. The number of ether oxygens (including phenoxy) is 3. The average Bonchev–Trinajstić information content (AvgIpc) is 3.38. The highest BCUT2D eigenvalue weighted by Crippen LogP contribution is 2.16. The lowest BCUT2D eigenvalue weighted by Gasteiger charge is -2.18. The molecular formula is C66H112O6. The third-order valence-corrected chi connectivity index (χ3v) is 12.8. The summed E-state index contributed by atoms with van der Waals surface area (Å²) < 4.78 is 16.8. The van der Waals surface area contributed by atoms with Gasteiger partial charge in [-0.15, -0.1) is 0 Å². The summed E-state index contributed by atoms with van der Waals surface area (Å²) in [5, 5.41) is 0. The maximum Gasteiger partial charge on any atom is 0.306 e. The summed E-state index contributed by atoms with van der Waals surface area (Å²) in [4.78, 5) is 38.2. The second-order valence-corrected chi connectivity index (χ2v) is 19.9. The van der Waals surface area contributed by atoms with Crippen LogP contribution in [0, 0.1) is 0 Å². The number of unbranched alkanes of at least 4 members (excludes halogenated alkanes) is 27. The quantitative estimate of drug-likeness (QED) is 0.0261. The van der Waals surface area contributed by atoms with Crippen LogP contribution in [0.4, 0.5) is 0 Å². The van der Waals surface area contributed by atoms with Gasteiger partial charge in [0.25, 0.3) is 0 Å². The Kier molecular flexibility index (Phi) is 56.8. The fourth-order valence-electron chi connectivity index (χ4n) is 8.32. The molecule has 0 aromatic carbocycles. The first-order valence-corrected chi connectivity index (χ1v) is 30.2. The Bertz CT molecular complexity index is 1430. The summed E-state index contributed by atoms with van der Waals surface area (Å²) in [5.41, 5.74) is 0. The molecule has 0 aliphatic rings. The molecule has 0 unspecified atom stereocenters. The average molecular weight is 1000 g/mol. The van der Waals surface area contributed by atoms with Gasteiger partial charge in [0.05, 0.1) is 0 Å². The minimum absolute atomic E-state index is 0.103. The molecule has 0 N–H and O–H groups in total. The first-order chi connectivity index (χ1) is 35.5. The molecule has 0 aliphatic carbocycles. The molecule has 6 nitrogen and oxygen atoms in total. The Balaban J connectivity index is 4.49. The van der Waals surface area contributed by atoms with Crippen LogP contribution in [0.5, 0.6) is 0 Å². The number of hydrogen-bond acceptors (Lipinski definition) is 6.